The summed E-state index contributed by atoms with van der Waals surface area (Å²) in [7, 11) is 0. The van der Waals surface area contributed by atoms with Crippen LogP contribution >= 0.6 is 11.6 Å². The van der Waals surface area contributed by atoms with Gasteiger partial charge in [-0.25, -0.2) is 0 Å². The van der Waals surface area contributed by atoms with Gasteiger partial charge in [0, 0.05) is 5.02 Å². The normalized spacial score (nSPS) is 12.4. The van der Waals surface area contributed by atoms with E-state index in [0.29, 0.717) is 34.4 Å². The van der Waals surface area contributed by atoms with E-state index in [-0.39, 0.29) is 12.2 Å². The molecule has 0 heterocycles. The summed E-state index contributed by atoms with van der Waals surface area (Å²) in [5.41, 5.74) is 0.842. The lowest BCUT2D eigenvalue weighted by molar-refractivity contribution is -0.163. The van der Waals surface area contributed by atoms with Gasteiger partial charge in [-0.15, -0.1) is 0 Å². The summed E-state index contributed by atoms with van der Waals surface area (Å²) < 4.78 is 57.2. The van der Waals surface area contributed by atoms with Crippen LogP contribution in [0.2, 0.25) is 5.02 Å². The molecule has 0 amide bonds. The quantitative estimate of drug-likeness (QED) is 0.340. The van der Waals surface area contributed by atoms with Crippen LogP contribution < -0.4 is 9.47 Å². The third-order valence-electron chi connectivity index (χ3n) is 4.49. The fourth-order valence-corrected chi connectivity index (χ4v) is 3.10. The molecular weight excluding hydrogens is 429 g/mol. The van der Waals surface area contributed by atoms with E-state index in [1.807, 2.05) is 6.92 Å². The standard InChI is InChI=1S/C24H22ClF3O3/c1-2-30-20-10-6-18(7-11-20)23(24(26,27)28)16-29-15-17-4-3-5-22(14-17)31-21-12-8-19(25)9-13-21/h3-14,23H,2,15-16H2,1H3. The molecule has 3 aromatic rings. The maximum atomic E-state index is 13.6. The molecular formula is C24H22ClF3O3. The zero-order chi connectivity index (χ0) is 22.3. The van der Waals surface area contributed by atoms with E-state index >= 15 is 0 Å². The summed E-state index contributed by atoms with van der Waals surface area (Å²) in [6.45, 7) is 1.81. The summed E-state index contributed by atoms with van der Waals surface area (Å²) in [4.78, 5) is 0. The second-order valence-corrected chi connectivity index (χ2v) is 7.25. The van der Waals surface area contributed by atoms with Crippen molar-refractivity contribution in [3.8, 4) is 17.2 Å². The van der Waals surface area contributed by atoms with Crippen molar-refractivity contribution in [2.24, 2.45) is 0 Å². The van der Waals surface area contributed by atoms with Crippen LogP contribution in [-0.4, -0.2) is 19.4 Å². The summed E-state index contributed by atoms with van der Waals surface area (Å²) in [6.07, 6.45) is -4.42. The second kappa shape index (κ2) is 10.6. The lowest BCUT2D eigenvalue weighted by atomic mass is 9.99. The van der Waals surface area contributed by atoms with Crippen molar-refractivity contribution in [3.63, 3.8) is 0 Å². The van der Waals surface area contributed by atoms with Gasteiger partial charge in [-0.2, -0.15) is 13.2 Å². The predicted octanol–water partition coefficient (Wildman–Crippen LogP) is 7.39. The molecule has 0 N–H and O–H groups in total. The van der Waals surface area contributed by atoms with Crippen LogP contribution in [-0.2, 0) is 11.3 Å². The Bertz CT molecular complexity index is 957. The van der Waals surface area contributed by atoms with E-state index in [9.17, 15) is 13.2 Å². The van der Waals surface area contributed by atoms with Crippen molar-refractivity contribution in [1.82, 2.24) is 0 Å². The molecule has 0 spiro atoms. The first-order valence-electron chi connectivity index (χ1n) is 9.74. The molecule has 7 heteroatoms. The first kappa shape index (κ1) is 23.0. The minimum Gasteiger partial charge on any atom is -0.494 e. The molecule has 0 saturated carbocycles. The van der Waals surface area contributed by atoms with Gasteiger partial charge in [0.05, 0.1) is 19.8 Å². The van der Waals surface area contributed by atoms with Crippen LogP contribution in [0.5, 0.6) is 17.2 Å². The molecule has 31 heavy (non-hydrogen) atoms. The van der Waals surface area contributed by atoms with Gasteiger partial charge in [0.2, 0.25) is 0 Å². The van der Waals surface area contributed by atoms with Gasteiger partial charge in [0.15, 0.2) is 0 Å². The molecule has 0 saturated heterocycles. The third kappa shape index (κ3) is 6.91. The van der Waals surface area contributed by atoms with E-state index in [0.717, 1.165) is 0 Å². The van der Waals surface area contributed by atoms with Gasteiger partial charge in [-0.1, -0.05) is 35.9 Å². The summed E-state index contributed by atoms with van der Waals surface area (Å²) >= 11 is 5.86. The van der Waals surface area contributed by atoms with Gasteiger partial charge in [0.25, 0.3) is 0 Å². The first-order chi connectivity index (χ1) is 14.8. The first-order valence-corrected chi connectivity index (χ1v) is 10.1. The van der Waals surface area contributed by atoms with Gasteiger partial charge < -0.3 is 14.2 Å². The van der Waals surface area contributed by atoms with Crippen LogP contribution in [0.4, 0.5) is 13.2 Å². The SMILES string of the molecule is CCOc1ccc(C(COCc2cccc(Oc3ccc(Cl)cc3)c2)C(F)(F)F)cc1. The van der Waals surface area contributed by atoms with E-state index < -0.39 is 18.7 Å². The lowest BCUT2D eigenvalue weighted by Gasteiger charge is -2.21. The Hall–Kier alpha value is -2.70. The van der Waals surface area contributed by atoms with Gasteiger partial charge in [-0.05, 0) is 66.6 Å². The Kier molecular flexibility index (Phi) is 7.82. The van der Waals surface area contributed by atoms with Crippen molar-refractivity contribution in [2.45, 2.75) is 25.6 Å². The molecule has 0 aliphatic heterocycles. The summed E-state index contributed by atoms with van der Waals surface area (Å²) in [6, 6.07) is 19.8. The van der Waals surface area contributed by atoms with Crippen molar-refractivity contribution in [3.05, 3.63) is 88.9 Å². The molecule has 0 fully saturated rings. The molecule has 3 nitrogen and oxygen atoms in total. The number of rotatable bonds is 9. The molecule has 0 radical (unpaired) electrons. The molecule has 1 unspecified atom stereocenters. The minimum absolute atomic E-state index is 0.0292. The van der Waals surface area contributed by atoms with Crippen LogP contribution in [0.1, 0.15) is 24.0 Å². The van der Waals surface area contributed by atoms with Gasteiger partial charge in [0.1, 0.15) is 23.2 Å². The van der Waals surface area contributed by atoms with Crippen LogP contribution in [0.3, 0.4) is 0 Å². The van der Waals surface area contributed by atoms with Crippen molar-refractivity contribution in [2.75, 3.05) is 13.2 Å². The average molecular weight is 451 g/mol. The maximum absolute atomic E-state index is 13.6. The van der Waals surface area contributed by atoms with Gasteiger partial charge >= 0.3 is 6.18 Å². The van der Waals surface area contributed by atoms with Crippen LogP contribution in [0.15, 0.2) is 72.8 Å². The number of hydrogen-bond acceptors (Lipinski definition) is 3. The van der Waals surface area contributed by atoms with Crippen molar-refractivity contribution >= 4 is 11.6 Å². The van der Waals surface area contributed by atoms with Crippen LogP contribution in [0.25, 0.3) is 0 Å². The number of benzene rings is 3. The van der Waals surface area contributed by atoms with Gasteiger partial charge in [-0.3, -0.25) is 0 Å². The van der Waals surface area contributed by atoms with E-state index in [1.165, 1.54) is 24.3 Å². The Morgan fingerprint density at radius 3 is 2.19 bits per heavy atom. The summed E-state index contributed by atoms with van der Waals surface area (Å²) in [5, 5.41) is 0.598. The third-order valence-corrected chi connectivity index (χ3v) is 4.74. The smallest absolute Gasteiger partial charge is 0.397 e. The highest BCUT2D eigenvalue weighted by Crippen LogP contribution is 2.36. The Morgan fingerprint density at radius 2 is 1.55 bits per heavy atom. The molecule has 0 bridgehead atoms. The fourth-order valence-electron chi connectivity index (χ4n) is 2.97. The minimum atomic E-state index is -4.42. The number of ether oxygens (including phenoxy) is 3. The average Bonchev–Trinajstić information content (AvgIpc) is 2.73. The highest BCUT2D eigenvalue weighted by Gasteiger charge is 2.40. The number of halogens is 4. The Labute approximate surface area is 184 Å². The molecule has 0 aliphatic rings. The van der Waals surface area contributed by atoms with E-state index in [1.54, 1.807) is 48.5 Å². The molecule has 0 aliphatic carbocycles. The number of hydrogen-bond donors (Lipinski definition) is 0. The maximum Gasteiger partial charge on any atom is 0.397 e. The van der Waals surface area contributed by atoms with Crippen LogP contribution in [0, 0.1) is 0 Å². The zero-order valence-electron chi connectivity index (χ0n) is 16.9. The van der Waals surface area contributed by atoms with E-state index in [4.69, 9.17) is 25.8 Å². The number of alkyl halides is 3. The highest BCUT2D eigenvalue weighted by atomic mass is 35.5. The largest absolute Gasteiger partial charge is 0.494 e. The fraction of sp³-hybridized carbons (Fsp3) is 0.250. The molecule has 1 atom stereocenters. The molecule has 164 valence electrons. The molecule has 3 aromatic carbocycles. The summed E-state index contributed by atoms with van der Waals surface area (Å²) in [5.74, 6) is -0.0281. The van der Waals surface area contributed by atoms with Crippen molar-refractivity contribution < 1.29 is 27.4 Å². The molecule has 0 aromatic heterocycles. The monoisotopic (exact) mass is 450 g/mol. The van der Waals surface area contributed by atoms with Crippen molar-refractivity contribution in [1.29, 1.82) is 0 Å². The second-order valence-electron chi connectivity index (χ2n) is 6.81. The van der Waals surface area contributed by atoms with E-state index in [2.05, 4.69) is 0 Å². The Morgan fingerprint density at radius 1 is 0.871 bits per heavy atom. The zero-order valence-corrected chi connectivity index (χ0v) is 17.6. The molecule has 3 rings (SSSR count). The Balaban J connectivity index is 1.62. The lowest BCUT2D eigenvalue weighted by Crippen LogP contribution is -2.25. The highest BCUT2D eigenvalue weighted by molar-refractivity contribution is 6.30. The predicted molar refractivity (Wildman–Crippen MR) is 114 cm³/mol. The topological polar surface area (TPSA) is 27.7 Å².